The summed E-state index contributed by atoms with van der Waals surface area (Å²) in [5.41, 5.74) is 1.47. The monoisotopic (exact) mass is 434 g/mol. The molecule has 4 rings (SSSR count). The molecular weight excluding hydrogens is 416 g/mol. The Morgan fingerprint density at radius 3 is 2.39 bits per heavy atom. The Morgan fingerprint density at radius 1 is 1.25 bits per heavy atom. The third-order valence-electron chi connectivity index (χ3n) is 4.00. The number of methoxy groups -OCH3 is 1. The molecule has 0 saturated carbocycles. The van der Waals surface area contributed by atoms with Gasteiger partial charge in [0.1, 0.15) is 5.75 Å². The average molecular weight is 434 g/mol. The zero-order chi connectivity index (χ0) is 19.2. The fourth-order valence-corrected chi connectivity index (χ4v) is 2.87. The smallest absolute Gasteiger partial charge is 0.877 e. The molecule has 0 spiro atoms. The van der Waals surface area contributed by atoms with E-state index >= 15 is 0 Å². The van der Waals surface area contributed by atoms with Crippen LogP contribution in [0.15, 0.2) is 66.8 Å². The van der Waals surface area contributed by atoms with Gasteiger partial charge in [-0.05, 0) is 35.1 Å². The summed E-state index contributed by atoms with van der Waals surface area (Å²) in [6.07, 6.45) is 8.39. The molecule has 0 radical (unpaired) electrons. The molecule has 0 atom stereocenters. The minimum atomic E-state index is 0. The maximum absolute atomic E-state index is 11.7. The summed E-state index contributed by atoms with van der Waals surface area (Å²) in [6.45, 7) is 0. The van der Waals surface area contributed by atoms with Gasteiger partial charge in [0.2, 0.25) is 4.77 Å². The second-order valence-electron chi connectivity index (χ2n) is 5.58. The van der Waals surface area contributed by atoms with Gasteiger partial charge < -0.3 is 15.7 Å². The molecule has 3 N–H and O–H groups in total. The van der Waals surface area contributed by atoms with Gasteiger partial charge in [-0.3, -0.25) is 0 Å². The third-order valence-corrected chi connectivity index (χ3v) is 4.29. The summed E-state index contributed by atoms with van der Waals surface area (Å²) in [6, 6.07) is 13.5. The van der Waals surface area contributed by atoms with Gasteiger partial charge in [-0.15, -0.1) is 6.26 Å². The Bertz CT molecular complexity index is 1130. The van der Waals surface area contributed by atoms with E-state index in [0.29, 0.717) is 27.6 Å². The number of aromatic nitrogens is 3. The molecule has 28 heavy (non-hydrogen) atoms. The second kappa shape index (κ2) is 9.85. The van der Waals surface area contributed by atoms with Gasteiger partial charge in [-0.1, -0.05) is 24.3 Å². The minimum Gasteiger partial charge on any atom is -0.877 e. The van der Waals surface area contributed by atoms with Gasteiger partial charge >= 0.3 is 17.1 Å². The normalized spacial score (nSPS) is 12.5. The van der Waals surface area contributed by atoms with Crippen molar-refractivity contribution in [1.29, 1.82) is 0 Å². The van der Waals surface area contributed by atoms with Gasteiger partial charge in [0.25, 0.3) is 0 Å². The van der Waals surface area contributed by atoms with E-state index in [1.165, 1.54) is 4.68 Å². The summed E-state index contributed by atoms with van der Waals surface area (Å²) in [7, 11) is 1.56. The van der Waals surface area contributed by atoms with E-state index in [-0.39, 0.29) is 21.8 Å². The van der Waals surface area contributed by atoms with Crippen LogP contribution in [0.4, 0.5) is 0 Å². The number of ether oxygens (including phenoxy) is 1. The zero-order valence-electron chi connectivity index (χ0n) is 15.0. The number of H-pyrrole nitrogens is 1. The molecule has 1 heterocycles. The van der Waals surface area contributed by atoms with E-state index in [1.54, 1.807) is 19.2 Å². The second-order valence-corrected chi connectivity index (χ2v) is 5.97. The van der Waals surface area contributed by atoms with Gasteiger partial charge in [0.05, 0.1) is 7.11 Å². The van der Waals surface area contributed by atoms with Crippen LogP contribution in [0.2, 0.25) is 0 Å². The molecule has 0 bridgehead atoms. The molecule has 0 amide bonds. The number of nitrogen functional groups attached to an aromatic ring is 1. The average Bonchev–Trinajstić information content (AvgIpc) is 3.46. The molecule has 0 aliphatic heterocycles. The van der Waals surface area contributed by atoms with Crippen molar-refractivity contribution in [3.63, 3.8) is 0 Å². The van der Waals surface area contributed by atoms with Crippen molar-refractivity contribution in [2.75, 3.05) is 13.0 Å². The molecule has 1 aliphatic carbocycles. The van der Waals surface area contributed by atoms with Crippen molar-refractivity contribution in [2.45, 2.75) is 0 Å². The first-order valence-corrected chi connectivity index (χ1v) is 8.56. The third kappa shape index (κ3) is 4.31. The van der Waals surface area contributed by atoms with Crippen LogP contribution in [-0.4, -0.2) is 22.0 Å². The number of rotatable bonds is 2. The summed E-state index contributed by atoms with van der Waals surface area (Å²) in [4.78, 5) is 0. The standard InChI is InChI=1S/C15H14N4O2S.C5H5.Fe/c1-21-12-7-6-10(14-17-18-15(22)19(14)16)11(8-20)13(12)9-4-2-3-5-9;1-2-4-5-3-1;/h2-8,20H,16H2,1H3,(H,18,22);1-5H;/q;-1;+2/p-1. The minimum absolute atomic E-state index is 0. The van der Waals surface area contributed by atoms with Crippen molar-refractivity contribution in [3.05, 3.63) is 82.0 Å². The Balaban J connectivity index is 0.000000408. The largest absolute Gasteiger partial charge is 2.00 e. The number of allylic oxidation sites excluding steroid dienone is 4. The maximum Gasteiger partial charge on any atom is 2.00 e. The molecule has 144 valence electrons. The van der Waals surface area contributed by atoms with Crippen LogP contribution < -0.4 is 26.1 Å². The number of hydrogen-bond acceptors (Lipinski definition) is 5. The van der Waals surface area contributed by atoms with Gasteiger partial charge in [-0.2, -0.15) is 23.3 Å². The summed E-state index contributed by atoms with van der Waals surface area (Å²) >= 11 is 5.02. The van der Waals surface area contributed by atoms with E-state index in [9.17, 15) is 5.11 Å². The van der Waals surface area contributed by atoms with Crippen LogP contribution in [-0.2, 0) is 17.1 Å². The van der Waals surface area contributed by atoms with Crippen molar-refractivity contribution in [3.8, 4) is 17.1 Å². The summed E-state index contributed by atoms with van der Waals surface area (Å²) in [5, 5.41) is 19.6. The van der Waals surface area contributed by atoms with E-state index in [4.69, 9.17) is 22.8 Å². The Labute approximate surface area is 177 Å². The fourth-order valence-electron chi connectivity index (χ4n) is 2.74. The van der Waals surface area contributed by atoms with Gasteiger partial charge in [0, 0.05) is 10.8 Å². The SMILES string of the molecule is COc1ccc(-c2n[nH]c(=S)n2N)c(=C[O-])c1=C1C=CC=C1.[Fe+2].c1cc[cH-]c1. The topological polar surface area (TPSA) is 91.9 Å². The molecule has 3 aromatic rings. The summed E-state index contributed by atoms with van der Waals surface area (Å²) < 4.78 is 6.90. The van der Waals surface area contributed by atoms with Crippen LogP contribution in [0.25, 0.3) is 23.2 Å². The van der Waals surface area contributed by atoms with Crippen molar-refractivity contribution in [2.24, 2.45) is 0 Å². The zero-order valence-corrected chi connectivity index (χ0v) is 16.9. The number of benzene rings is 1. The van der Waals surface area contributed by atoms with Crippen molar-refractivity contribution in [1.82, 2.24) is 14.9 Å². The van der Waals surface area contributed by atoms with Crippen molar-refractivity contribution < 1.29 is 26.9 Å². The maximum atomic E-state index is 11.7. The quantitative estimate of drug-likeness (QED) is 0.273. The van der Waals surface area contributed by atoms with Crippen molar-refractivity contribution >= 4 is 24.1 Å². The van der Waals surface area contributed by atoms with E-state index < -0.39 is 0 Å². The molecule has 0 unspecified atom stereocenters. The predicted octanol–water partition coefficient (Wildman–Crippen LogP) is 1.11. The van der Waals surface area contributed by atoms with E-state index in [1.807, 2.05) is 54.6 Å². The molecule has 0 fully saturated rings. The van der Waals surface area contributed by atoms with Crippen LogP contribution in [0.5, 0.6) is 5.75 Å². The number of hydrogen-bond donors (Lipinski definition) is 2. The number of nitrogens with two attached hydrogens (primary N) is 1. The molecule has 1 aliphatic rings. The van der Waals surface area contributed by atoms with Crippen LogP contribution >= 0.6 is 12.2 Å². The van der Waals surface area contributed by atoms with Crippen LogP contribution in [0, 0.1) is 4.77 Å². The van der Waals surface area contributed by atoms with E-state index in [2.05, 4.69) is 10.2 Å². The number of nitrogens with zero attached hydrogens (tertiary/aromatic N) is 2. The van der Waals surface area contributed by atoms with Gasteiger partial charge in [-0.25, -0.2) is 21.9 Å². The Hall–Kier alpha value is -2.93. The molecular formula is C20H18FeN4O2S. The molecule has 6 nitrogen and oxygen atoms in total. The van der Waals surface area contributed by atoms with Crippen LogP contribution in [0.3, 0.4) is 0 Å². The predicted molar refractivity (Wildman–Crippen MR) is 107 cm³/mol. The number of aromatic amines is 1. The molecule has 0 saturated heterocycles. The number of nitrogens with one attached hydrogen (secondary N) is 1. The summed E-state index contributed by atoms with van der Waals surface area (Å²) in [5.74, 6) is 6.87. The Kier molecular flexibility index (Phi) is 7.51. The first kappa shape index (κ1) is 21.4. The first-order chi connectivity index (χ1) is 13.2. The molecule has 1 aromatic heterocycles. The van der Waals surface area contributed by atoms with E-state index in [0.717, 1.165) is 11.8 Å². The van der Waals surface area contributed by atoms with Gasteiger partial charge in [0.15, 0.2) is 5.82 Å². The first-order valence-electron chi connectivity index (χ1n) is 8.15. The molecule has 8 heteroatoms. The van der Waals surface area contributed by atoms with Crippen LogP contribution in [0.1, 0.15) is 0 Å². The Morgan fingerprint density at radius 2 is 1.93 bits per heavy atom. The fraction of sp³-hybridized carbons (Fsp3) is 0.0500. The molecule has 2 aromatic carbocycles.